The van der Waals surface area contributed by atoms with Gasteiger partial charge in [0.15, 0.2) is 5.96 Å². The molecule has 0 unspecified atom stereocenters. The second-order valence-corrected chi connectivity index (χ2v) is 7.05. The fourth-order valence-electron chi connectivity index (χ4n) is 1.64. The lowest BCUT2D eigenvalue weighted by Gasteiger charge is -2.27. The van der Waals surface area contributed by atoms with E-state index >= 15 is 0 Å². The lowest BCUT2D eigenvalue weighted by atomic mass is 9.91. The summed E-state index contributed by atoms with van der Waals surface area (Å²) in [4.78, 5) is 5.62. The minimum atomic E-state index is -0.207. The van der Waals surface area contributed by atoms with E-state index in [0.29, 0.717) is 6.54 Å². The molecule has 0 amide bonds. The van der Waals surface area contributed by atoms with Gasteiger partial charge >= 0.3 is 0 Å². The summed E-state index contributed by atoms with van der Waals surface area (Å²) in [5.41, 5.74) is -0.122. The van der Waals surface area contributed by atoms with E-state index in [0.717, 1.165) is 12.5 Å². The maximum atomic E-state index is 5.39. The highest BCUT2D eigenvalue weighted by molar-refractivity contribution is 14.0. The van der Waals surface area contributed by atoms with Gasteiger partial charge in [-0.1, -0.05) is 19.9 Å². The Labute approximate surface area is 149 Å². The van der Waals surface area contributed by atoms with Gasteiger partial charge in [-0.2, -0.15) is 0 Å². The van der Waals surface area contributed by atoms with Gasteiger partial charge < -0.3 is 15.4 Å². The van der Waals surface area contributed by atoms with Crippen LogP contribution in [0.25, 0.3) is 0 Å². The van der Waals surface area contributed by atoms with Gasteiger partial charge in [0.05, 0.1) is 5.60 Å². The van der Waals surface area contributed by atoms with E-state index in [4.69, 9.17) is 4.74 Å². The molecule has 122 valence electrons. The fourth-order valence-corrected chi connectivity index (χ4v) is 2.50. The third kappa shape index (κ3) is 6.97. The summed E-state index contributed by atoms with van der Waals surface area (Å²) in [6, 6.07) is 4.27. The molecule has 0 aliphatic carbocycles. The molecule has 21 heavy (non-hydrogen) atoms. The second-order valence-electron chi connectivity index (χ2n) is 6.10. The third-order valence-electron chi connectivity index (χ3n) is 3.34. The SMILES string of the molecule is CN=C(NCC(C)(C)OC)NCC(C)(C)c1cccs1.I. The van der Waals surface area contributed by atoms with E-state index < -0.39 is 0 Å². The maximum absolute atomic E-state index is 5.39. The number of thiophene rings is 1. The molecule has 1 heterocycles. The maximum Gasteiger partial charge on any atom is 0.191 e. The van der Waals surface area contributed by atoms with Crippen molar-refractivity contribution in [1.29, 1.82) is 0 Å². The molecule has 0 aliphatic rings. The smallest absolute Gasteiger partial charge is 0.191 e. The molecule has 2 N–H and O–H groups in total. The summed E-state index contributed by atoms with van der Waals surface area (Å²) >= 11 is 1.79. The summed E-state index contributed by atoms with van der Waals surface area (Å²) in [5.74, 6) is 0.805. The molecule has 0 aliphatic heterocycles. The average Bonchev–Trinajstić information content (AvgIpc) is 2.93. The van der Waals surface area contributed by atoms with E-state index in [9.17, 15) is 0 Å². The predicted molar refractivity (Wildman–Crippen MR) is 103 cm³/mol. The Bertz CT molecular complexity index is 430. The van der Waals surface area contributed by atoms with E-state index in [1.165, 1.54) is 4.88 Å². The van der Waals surface area contributed by atoms with Crippen molar-refractivity contribution in [2.75, 3.05) is 27.2 Å². The first-order chi connectivity index (χ1) is 9.30. The Morgan fingerprint density at radius 2 is 1.86 bits per heavy atom. The van der Waals surface area contributed by atoms with Crippen LogP contribution >= 0.6 is 35.3 Å². The fraction of sp³-hybridized carbons (Fsp3) is 0.667. The van der Waals surface area contributed by atoms with Crippen LogP contribution in [0.15, 0.2) is 22.5 Å². The largest absolute Gasteiger partial charge is 0.377 e. The van der Waals surface area contributed by atoms with Gasteiger partial charge in [0, 0.05) is 37.5 Å². The number of guanidine groups is 1. The Morgan fingerprint density at radius 1 is 1.24 bits per heavy atom. The Kier molecular flexibility index (Phi) is 8.80. The van der Waals surface area contributed by atoms with Gasteiger partial charge in [-0.25, -0.2) is 0 Å². The van der Waals surface area contributed by atoms with Crippen molar-refractivity contribution in [3.63, 3.8) is 0 Å². The zero-order valence-electron chi connectivity index (χ0n) is 13.8. The van der Waals surface area contributed by atoms with Crippen LogP contribution in [-0.2, 0) is 10.2 Å². The Hall–Kier alpha value is -0.340. The van der Waals surface area contributed by atoms with Crippen LogP contribution in [0.3, 0.4) is 0 Å². The zero-order valence-corrected chi connectivity index (χ0v) is 17.0. The van der Waals surface area contributed by atoms with Crippen molar-refractivity contribution in [2.24, 2.45) is 4.99 Å². The predicted octanol–water partition coefficient (Wildman–Crippen LogP) is 3.23. The highest BCUT2D eigenvalue weighted by Crippen LogP contribution is 2.26. The zero-order chi connectivity index (χ0) is 15.2. The number of halogens is 1. The molecule has 0 spiro atoms. The first kappa shape index (κ1) is 20.7. The topological polar surface area (TPSA) is 45.7 Å². The molecular formula is C15H28IN3OS. The molecule has 0 saturated heterocycles. The van der Waals surface area contributed by atoms with E-state index in [1.54, 1.807) is 25.5 Å². The van der Waals surface area contributed by atoms with Crippen LogP contribution in [0.4, 0.5) is 0 Å². The highest BCUT2D eigenvalue weighted by atomic mass is 127. The quantitative estimate of drug-likeness (QED) is 0.418. The van der Waals surface area contributed by atoms with Crippen molar-refractivity contribution < 1.29 is 4.74 Å². The summed E-state index contributed by atoms with van der Waals surface area (Å²) in [5, 5.41) is 8.80. The molecule has 6 heteroatoms. The Balaban J connectivity index is 0.00000400. The number of methoxy groups -OCH3 is 1. The molecular weight excluding hydrogens is 397 g/mol. The molecule has 1 rings (SSSR count). The molecule has 4 nitrogen and oxygen atoms in total. The lowest BCUT2D eigenvalue weighted by Crippen LogP contribution is -2.47. The average molecular weight is 425 g/mol. The number of aliphatic imine (C=N–C) groups is 1. The molecule has 1 aromatic heterocycles. The van der Waals surface area contributed by atoms with Crippen LogP contribution in [0.5, 0.6) is 0 Å². The summed E-state index contributed by atoms with van der Waals surface area (Å²) < 4.78 is 5.39. The van der Waals surface area contributed by atoms with E-state index in [2.05, 4.69) is 47.0 Å². The van der Waals surface area contributed by atoms with Gasteiger partial charge in [0.1, 0.15) is 0 Å². The van der Waals surface area contributed by atoms with Crippen LogP contribution < -0.4 is 10.6 Å². The Morgan fingerprint density at radius 3 is 2.33 bits per heavy atom. The number of nitrogens with one attached hydrogen (secondary N) is 2. The van der Waals surface area contributed by atoms with Crippen LogP contribution in [-0.4, -0.2) is 38.8 Å². The van der Waals surface area contributed by atoms with Gasteiger partial charge in [0.2, 0.25) is 0 Å². The monoisotopic (exact) mass is 425 g/mol. The number of hydrogen-bond acceptors (Lipinski definition) is 3. The van der Waals surface area contributed by atoms with Crippen molar-refractivity contribution in [2.45, 2.75) is 38.7 Å². The third-order valence-corrected chi connectivity index (χ3v) is 4.58. The second kappa shape index (κ2) is 8.95. The van der Waals surface area contributed by atoms with Gasteiger partial charge in [-0.05, 0) is 25.3 Å². The van der Waals surface area contributed by atoms with Gasteiger partial charge in [0.25, 0.3) is 0 Å². The van der Waals surface area contributed by atoms with Crippen LogP contribution in [0.2, 0.25) is 0 Å². The number of rotatable bonds is 6. The van der Waals surface area contributed by atoms with Crippen molar-refractivity contribution in [3.05, 3.63) is 22.4 Å². The minimum Gasteiger partial charge on any atom is -0.377 e. The number of nitrogens with zero attached hydrogens (tertiary/aromatic N) is 1. The van der Waals surface area contributed by atoms with Crippen molar-refractivity contribution in [3.8, 4) is 0 Å². The normalized spacial score (nSPS) is 12.8. The molecule has 0 atom stereocenters. The molecule has 0 saturated carbocycles. The first-order valence-electron chi connectivity index (χ1n) is 6.84. The number of ether oxygens (including phenoxy) is 1. The summed E-state index contributed by atoms with van der Waals surface area (Å²) in [6.45, 7) is 10.1. The molecule has 1 aromatic rings. The molecule has 0 radical (unpaired) electrons. The van der Waals surface area contributed by atoms with Crippen LogP contribution in [0.1, 0.15) is 32.6 Å². The van der Waals surface area contributed by atoms with Crippen molar-refractivity contribution in [1.82, 2.24) is 10.6 Å². The lowest BCUT2D eigenvalue weighted by molar-refractivity contribution is 0.0268. The first-order valence-corrected chi connectivity index (χ1v) is 7.72. The molecule has 0 bridgehead atoms. The molecule has 0 aromatic carbocycles. The summed E-state index contributed by atoms with van der Waals surface area (Å²) in [6.07, 6.45) is 0. The van der Waals surface area contributed by atoms with Crippen LogP contribution in [0, 0.1) is 0 Å². The van der Waals surface area contributed by atoms with E-state index in [1.807, 2.05) is 13.8 Å². The minimum absolute atomic E-state index is 0. The summed E-state index contributed by atoms with van der Waals surface area (Å²) in [7, 11) is 3.51. The molecule has 0 fully saturated rings. The number of hydrogen-bond donors (Lipinski definition) is 2. The van der Waals surface area contributed by atoms with Gasteiger partial charge in [-0.3, -0.25) is 4.99 Å². The van der Waals surface area contributed by atoms with Gasteiger partial charge in [-0.15, -0.1) is 35.3 Å². The van der Waals surface area contributed by atoms with E-state index in [-0.39, 0.29) is 35.0 Å². The standard InChI is InChI=1S/C15H27N3OS.HI/c1-14(2,12-8-7-9-20-12)10-17-13(16-5)18-11-15(3,4)19-6;/h7-9H,10-11H2,1-6H3,(H2,16,17,18);1H. The van der Waals surface area contributed by atoms with Crippen molar-refractivity contribution >= 4 is 41.3 Å². The highest BCUT2D eigenvalue weighted by Gasteiger charge is 2.22.